The van der Waals surface area contributed by atoms with Crippen LogP contribution in [0.2, 0.25) is 0 Å². The molecule has 0 amide bonds. The van der Waals surface area contributed by atoms with Crippen molar-refractivity contribution in [2.24, 2.45) is 5.92 Å². The quantitative estimate of drug-likeness (QED) is 0.137. The van der Waals surface area contributed by atoms with Crippen LogP contribution in [0.5, 0.6) is 0 Å². The van der Waals surface area contributed by atoms with Gasteiger partial charge in [-0.15, -0.1) is 0 Å². The number of nitrogens with zero attached hydrogens (tertiary/aromatic N) is 1. The Balaban J connectivity index is 1.71. The molecule has 4 aromatic carbocycles. The van der Waals surface area contributed by atoms with Gasteiger partial charge >= 0.3 is 0 Å². The van der Waals surface area contributed by atoms with E-state index < -0.39 is 16.1 Å². The van der Waals surface area contributed by atoms with Gasteiger partial charge in [-0.05, 0) is 46.4 Å². The van der Waals surface area contributed by atoms with E-state index in [0.29, 0.717) is 6.04 Å². The molecule has 1 aliphatic carbocycles. The first-order chi connectivity index (χ1) is 18.9. The summed E-state index contributed by atoms with van der Waals surface area (Å²) in [5, 5.41) is 5.86. The van der Waals surface area contributed by atoms with E-state index in [1.54, 1.807) is 0 Å². The predicted molar refractivity (Wildman–Crippen MR) is 170 cm³/mol. The van der Waals surface area contributed by atoms with Crippen molar-refractivity contribution in [1.82, 2.24) is 4.44 Å². The molecule has 1 aliphatic rings. The van der Waals surface area contributed by atoms with Crippen molar-refractivity contribution in [3.63, 3.8) is 0 Å². The topological polar surface area (TPSA) is 3.24 Å². The molecular weight excluding hydrogens is 496 g/mol. The smallest absolute Gasteiger partial charge is 0.0325 e. The van der Waals surface area contributed by atoms with Gasteiger partial charge in [-0.2, -0.15) is 0 Å². The van der Waals surface area contributed by atoms with Crippen LogP contribution >= 0.6 is 16.1 Å². The standard InChI is InChI=1S/C35H41NP2/c1-2-3-8-19-30-20-17-18-29-35(30)36(37(31-21-9-4-10-22-31)32-23-11-5-12-24-32)38(33-25-13-6-14-26-33)34-27-15-7-16-28-34/h4-7,9-16,21-28,30,35H,2-3,8,17-20,29H2,1H3/t30-,35-/m1/s1. The minimum absolute atomic E-state index is 0.582. The highest BCUT2D eigenvalue weighted by Gasteiger charge is 2.40. The van der Waals surface area contributed by atoms with Crippen molar-refractivity contribution in [2.75, 3.05) is 0 Å². The third-order valence-corrected chi connectivity index (χ3v) is 13.4. The molecule has 196 valence electrons. The van der Waals surface area contributed by atoms with Crippen LogP contribution in [0.4, 0.5) is 0 Å². The fourth-order valence-corrected chi connectivity index (χ4v) is 12.4. The Labute approximate surface area is 232 Å². The van der Waals surface area contributed by atoms with Crippen molar-refractivity contribution < 1.29 is 0 Å². The number of benzene rings is 4. The van der Waals surface area contributed by atoms with Gasteiger partial charge in [0.05, 0.1) is 0 Å². The first-order valence-electron chi connectivity index (χ1n) is 14.5. The summed E-state index contributed by atoms with van der Waals surface area (Å²) in [4.78, 5) is 0. The van der Waals surface area contributed by atoms with Gasteiger partial charge in [0, 0.05) is 22.2 Å². The molecule has 0 bridgehead atoms. The summed E-state index contributed by atoms with van der Waals surface area (Å²) >= 11 is 0. The Morgan fingerprint density at radius 1 is 0.553 bits per heavy atom. The summed E-state index contributed by atoms with van der Waals surface area (Å²) in [6, 6.07) is 46.2. The molecule has 0 radical (unpaired) electrons. The van der Waals surface area contributed by atoms with E-state index in [9.17, 15) is 0 Å². The van der Waals surface area contributed by atoms with E-state index in [1.807, 2.05) is 0 Å². The summed E-state index contributed by atoms with van der Waals surface area (Å²) in [7, 11) is -1.41. The van der Waals surface area contributed by atoms with Crippen LogP contribution in [0, 0.1) is 5.92 Å². The van der Waals surface area contributed by atoms with Gasteiger partial charge in [0.15, 0.2) is 0 Å². The summed E-state index contributed by atoms with van der Waals surface area (Å²) < 4.78 is 3.07. The van der Waals surface area contributed by atoms with Crippen LogP contribution < -0.4 is 21.2 Å². The highest BCUT2D eigenvalue weighted by molar-refractivity contribution is 7.84. The zero-order valence-corrected chi connectivity index (χ0v) is 24.5. The first kappa shape index (κ1) is 27.3. The van der Waals surface area contributed by atoms with Crippen LogP contribution in [0.3, 0.4) is 0 Å². The van der Waals surface area contributed by atoms with Crippen molar-refractivity contribution in [3.8, 4) is 0 Å². The summed E-state index contributed by atoms with van der Waals surface area (Å²) in [6.07, 6.45) is 10.7. The molecule has 0 N–H and O–H groups in total. The summed E-state index contributed by atoms with van der Waals surface area (Å²) in [5.74, 6) is 0.755. The number of unbranched alkanes of at least 4 members (excludes halogenated alkanes) is 2. The maximum absolute atomic E-state index is 3.07. The molecule has 5 rings (SSSR count). The average Bonchev–Trinajstić information content (AvgIpc) is 2.99. The highest BCUT2D eigenvalue weighted by atomic mass is 31.2. The Bertz CT molecular complexity index is 1040. The second-order valence-corrected chi connectivity index (χ2v) is 14.9. The predicted octanol–water partition coefficient (Wildman–Crippen LogP) is 8.52. The normalized spacial score (nSPS) is 17.8. The summed E-state index contributed by atoms with van der Waals surface area (Å²) in [6.45, 7) is 2.33. The molecule has 38 heavy (non-hydrogen) atoms. The molecule has 0 aromatic heterocycles. The number of rotatable bonds is 11. The summed E-state index contributed by atoms with van der Waals surface area (Å²) in [5.41, 5.74) is 0. The lowest BCUT2D eigenvalue weighted by atomic mass is 9.82. The van der Waals surface area contributed by atoms with Gasteiger partial charge in [0.25, 0.3) is 0 Å². The number of hydrogen-bond acceptors (Lipinski definition) is 1. The zero-order chi connectivity index (χ0) is 26.0. The third kappa shape index (κ3) is 6.63. The van der Waals surface area contributed by atoms with Gasteiger partial charge in [0.1, 0.15) is 0 Å². The molecule has 0 spiro atoms. The SMILES string of the molecule is CCCCC[C@@H]1CCCC[C@H]1N(P(c1ccccc1)c1ccccc1)P(c1ccccc1)c1ccccc1. The average molecular weight is 538 g/mol. The maximum atomic E-state index is 3.07. The fourth-order valence-electron chi connectivity index (χ4n) is 5.92. The lowest BCUT2D eigenvalue weighted by molar-refractivity contribution is 0.227. The Kier molecular flexibility index (Phi) is 10.2. The van der Waals surface area contributed by atoms with E-state index in [4.69, 9.17) is 0 Å². The van der Waals surface area contributed by atoms with Gasteiger partial charge in [0.2, 0.25) is 0 Å². The molecule has 1 nitrogen and oxygen atoms in total. The zero-order valence-electron chi connectivity index (χ0n) is 22.7. The lowest BCUT2D eigenvalue weighted by Gasteiger charge is -2.48. The third-order valence-electron chi connectivity index (χ3n) is 7.76. The van der Waals surface area contributed by atoms with Crippen LogP contribution in [0.25, 0.3) is 0 Å². The minimum Gasteiger partial charge on any atom is -0.241 e. The molecule has 0 unspecified atom stereocenters. The van der Waals surface area contributed by atoms with Crippen molar-refractivity contribution in [3.05, 3.63) is 121 Å². The Morgan fingerprint density at radius 2 is 0.947 bits per heavy atom. The monoisotopic (exact) mass is 537 g/mol. The Hall–Kier alpha value is -2.30. The van der Waals surface area contributed by atoms with Crippen molar-refractivity contribution >= 4 is 37.4 Å². The molecule has 0 saturated heterocycles. The molecule has 3 heteroatoms. The van der Waals surface area contributed by atoms with Gasteiger partial charge in [-0.3, -0.25) is 0 Å². The first-order valence-corrected chi connectivity index (χ1v) is 17.0. The van der Waals surface area contributed by atoms with Crippen molar-refractivity contribution in [2.45, 2.75) is 64.3 Å². The van der Waals surface area contributed by atoms with Gasteiger partial charge in [-0.1, -0.05) is 160 Å². The molecule has 4 aromatic rings. The number of hydrogen-bond donors (Lipinski definition) is 0. The molecule has 0 aliphatic heterocycles. The molecule has 2 atom stereocenters. The molecule has 1 saturated carbocycles. The van der Waals surface area contributed by atoms with Crippen LogP contribution in [-0.2, 0) is 0 Å². The largest absolute Gasteiger partial charge is 0.241 e. The van der Waals surface area contributed by atoms with Gasteiger partial charge < -0.3 is 0 Å². The molecular formula is C35H41NP2. The fraction of sp³-hybridized carbons (Fsp3) is 0.314. The van der Waals surface area contributed by atoms with E-state index in [-0.39, 0.29) is 0 Å². The van der Waals surface area contributed by atoms with Crippen LogP contribution in [0.15, 0.2) is 121 Å². The lowest BCUT2D eigenvalue weighted by Crippen LogP contribution is -2.43. The molecule has 0 heterocycles. The van der Waals surface area contributed by atoms with E-state index in [1.165, 1.54) is 72.6 Å². The van der Waals surface area contributed by atoms with E-state index in [2.05, 4.69) is 133 Å². The van der Waals surface area contributed by atoms with Gasteiger partial charge in [-0.25, -0.2) is 4.44 Å². The maximum Gasteiger partial charge on any atom is 0.0325 e. The highest BCUT2D eigenvalue weighted by Crippen LogP contribution is 2.58. The van der Waals surface area contributed by atoms with E-state index in [0.717, 1.165) is 5.92 Å². The van der Waals surface area contributed by atoms with Crippen molar-refractivity contribution in [1.29, 1.82) is 0 Å². The van der Waals surface area contributed by atoms with Crippen LogP contribution in [0.1, 0.15) is 58.3 Å². The Morgan fingerprint density at radius 3 is 1.34 bits per heavy atom. The van der Waals surface area contributed by atoms with E-state index >= 15 is 0 Å². The van der Waals surface area contributed by atoms with Crippen LogP contribution in [-0.4, -0.2) is 10.5 Å². The second kappa shape index (κ2) is 14.2. The molecule has 1 fully saturated rings. The minimum atomic E-state index is -0.707. The second-order valence-electron chi connectivity index (χ2n) is 10.4.